The van der Waals surface area contributed by atoms with Crippen molar-refractivity contribution < 1.29 is 18.8 Å². The van der Waals surface area contributed by atoms with E-state index in [2.05, 4.69) is 34.6 Å². The Morgan fingerprint density at radius 3 is 2.27 bits per heavy atom. The molecule has 2 aliphatic rings. The Morgan fingerprint density at radius 2 is 1.61 bits per heavy atom. The van der Waals surface area contributed by atoms with Crippen molar-refractivity contribution in [2.45, 2.75) is 44.8 Å². The number of nitrogens with zero attached hydrogens (tertiary/aromatic N) is 1. The number of amides is 1. The third-order valence-corrected chi connectivity index (χ3v) is 8.65. The van der Waals surface area contributed by atoms with Crippen LogP contribution in [0.4, 0.5) is 4.79 Å². The highest BCUT2D eigenvalue weighted by molar-refractivity contribution is 6.56. The molecule has 0 unspecified atom stereocenters. The maximum absolute atomic E-state index is 13.0. The molecule has 4 aromatic rings. The van der Waals surface area contributed by atoms with Crippen molar-refractivity contribution in [1.29, 1.82) is 0 Å². The van der Waals surface area contributed by atoms with E-state index < -0.39 is 24.4 Å². The second-order valence-corrected chi connectivity index (χ2v) is 12.0. The largest absolute Gasteiger partial charge is 0.492 e. The van der Waals surface area contributed by atoms with E-state index in [4.69, 9.17) is 25.6 Å². The van der Waals surface area contributed by atoms with E-state index >= 15 is 0 Å². The maximum Gasteiger partial charge on any atom is 0.492 e. The van der Waals surface area contributed by atoms with Crippen molar-refractivity contribution >= 4 is 41.8 Å². The summed E-state index contributed by atoms with van der Waals surface area (Å²) < 4.78 is 18.5. The van der Waals surface area contributed by atoms with Crippen LogP contribution in [0.1, 0.15) is 50.3 Å². The summed E-state index contributed by atoms with van der Waals surface area (Å²) in [6.07, 6.45) is 3.23. The molecule has 0 bridgehead atoms. The molecule has 6 rings (SSSR count). The number of alkyl carbamates (subject to hydrolysis) is 1. The topological polar surface area (TPSA) is 69.7 Å². The molecule has 8 heteroatoms. The van der Waals surface area contributed by atoms with E-state index in [1.54, 1.807) is 6.20 Å². The van der Waals surface area contributed by atoms with Gasteiger partial charge in [0.15, 0.2) is 0 Å². The van der Waals surface area contributed by atoms with E-state index in [0.29, 0.717) is 5.02 Å². The normalized spacial score (nSPS) is 17.4. The first kappa shape index (κ1) is 27.5. The Hall–Kier alpha value is -3.65. The van der Waals surface area contributed by atoms with Crippen molar-refractivity contribution in [2.24, 2.45) is 0 Å². The van der Waals surface area contributed by atoms with Crippen molar-refractivity contribution in [3.63, 3.8) is 0 Å². The van der Waals surface area contributed by atoms with Crippen LogP contribution in [0.5, 0.6) is 0 Å². The molecule has 0 atom stereocenters. The molecule has 0 spiro atoms. The Morgan fingerprint density at radius 1 is 0.976 bits per heavy atom. The van der Waals surface area contributed by atoms with Crippen LogP contribution in [-0.4, -0.2) is 42.5 Å². The van der Waals surface area contributed by atoms with Gasteiger partial charge in [0.25, 0.3) is 0 Å². The summed E-state index contributed by atoms with van der Waals surface area (Å²) >= 11 is 6.20. The number of hydrogen-bond donors (Lipinski definition) is 1. The molecule has 3 aromatic carbocycles. The monoisotopic (exact) mass is 566 g/mol. The number of nitrogens with one attached hydrogen (secondary N) is 1. The van der Waals surface area contributed by atoms with Crippen LogP contribution in [0.3, 0.4) is 0 Å². The summed E-state index contributed by atoms with van der Waals surface area (Å²) in [5.41, 5.74) is 6.12. The van der Waals surface area contributed by atoms with E-state index in [0.717, 1.165) is 21.9 Å². The van der Waals surface area contributed by atoms with Gasteiger partial charge in [0.2, 0.25) is 0 Å². The third-order valence-electron chi connectivity index (χ3n) is 8.42. The lowest BCUT2D eigenvalue weighted by Gasteiger charge is -2.32. The van der Waals surface area contributed by atoms with Crippen LogP contribution in [0.25, 0.3) is 28.1 Å². The highest BCUT2D eigenvalue weighted by atomic mass is 35.5. The molecule has 1 N–H and O–H groups in total. The molecule has 1 aromatic heterocycles. The summed E-state index contributed by atoms with van der Waals surface area (Å²) in [5.74, 6) is -0.0127. The number of hydrogen-bond acceptors (Lipinski definition) is 5. The Kier molecular flexibility index (Phi) is 7.14. The molecule has 1 aliphatic carbocycles. The molecule has 1 amide bonds. The van der Waals surface area contributed by atoms with E-state index in [1.807, 2.05) is 82.3 Å². The highest BCUT2D eigenvalue weighted by Crippen LogP contribution is 2.44. The molecule has 6 nitrogen and oxygen atoms in total. The van der Waals surface area contributed by atoms with Gasteiger partial charge in [0.1, 0.15) is 6.61 Å². The fourth-order valence-electron chi connectivity index (χ4n) is 5.49. The number of aromatic nitrogens is 1. The standard InChI is InChI=1S/C33H32BClN2O4/c1-32(2)33(3,4)41-34(40-32)22(17-21-15-16-36-30-18-23(35)13-14-24(21)30)19-37-31(38)39-20-29-27-11-7-5-9-25(27)26-10-6-8-12-28(26)29/h5-18,29H,19-20H2,1-4H3,(H,37,38). The third kappa shape index (κ3) is 5.26. The van der Waals surface area contributed by atoms with Gasteiger partial charge in [0, 0.05) is 29.1 Å². The summed E-state index contributed by atoms with van der Waals surface area (Å²) in [6.45, 7) is 8.46. The fraction of sp³-hybridized carbons (Fsp3) is 0.273. The zero-order chi connectivity index (χ0) is 28.8. The van der Waals surface area contributed by atoms with Gasteiger partial charge in [-0.25, -0.2) is 4.79 Å². The number of ether oxygens (including phenoxy) is 1. The maximum atomic E-state index is 13.0. The van der Waals surface area contributed by atoms with E-state index in [1.165, 1.54) is 22.3 Å². The SMILES string of the molecule is CC1(C)OB(C(=Cc2ccnc3cc(Cl)ccc23)CNC(=O)OCC2c3ccccc3-c3ccccc32)OC1(C)C. The van der Waals surface area contributed by atoms with E-state index in [9.17, 15) is 4.79 Å². The Balaban J connectivity index is 1.22. The minimum atomic E-state index is -0.649. The van der Waals surface area contributed by atoms with Crippen LogP contribution < -0.4 is 5.32 Å². The zero-order valence-corrected chi connectivity index (χ0v) is 24.4. The quantitative estimate of drug-likeness (QED) is 0.246. The van der Waals surface area contributed by atoms with Crippen LogP contribution in [0.15, 0.2) is 84.5 Å². The van der Waals surface area contributed by atoms with Crippen LogP contribution in [-0.2, 0) is 14.0 Å². The van der Waals surface area contributed by atoms with Crippen LogP contribution in [0.2, 0.25) is 5.02 Å². The van der Waals surface area contributed by atoms with Gasteiger partial charge < -0.3 is 19.4 Å². The lowest BCUT2D eigenvalue weighted by molar-refractivity contribution is 0.00578. The van der Waals surface area contributed by atoms with E-state index in [-0.39, 0.29) is 19.1 Å². The molecular weight excluding hydrogens is 535 g/mol. The predicted octanol–water partition coefficient (Wildman–Crippen LogP) is 7.44. The molecule has 1 aliphatic heterocycles. The van der Waals surface area contributed by atoms with Gasteiger partial charge in [-0.2, -0.15) is 0 Å². The molecular formula is C33H32BClN2O4. The second kappa shape index (κ2) is 10.6. The smallest absolute Gasteiger partial charge is 0.449 e. The fourth-order valence-corrected chi connectivity index (χ4v) is 5.66. The van der Waals surface area contributed by atoms with Crippen molar-refractivity contribution in [3.8, 4) is 11.1 Å². The summed E-state index contributed by atoms with van der Waals surface area (Å²) in [5, 5.41) is 4.49. The first-order chi connectivity index (χ1) is 19.6. The van der Waals surface area contributed by atoms with Crippen LogP contribution in [0, 0.1) is 0 Å². The number of fused-ring (bicyclic) bond motifs is 4. The molecule has 208 valence electrons. The van der Waals surface area contributed by atoms with Gasteiger partial charge in [-0.15, -0.1) is 0 Å². The molecule has 1 saturated heterocycles. The molecule has 0 saturated carbocycles. The Bertz CT molecular complexity index is 1610. The number of benzene rings is 3. The summed E-state index contributed by atoms with van der Waals surface area (Å²) in [4.78, 5) is 17.5. The molecule has 0 radical (unpaired) electrons. The minimum Gasteiger partial charge on any atom is -0.449 e. The second-order valence-electron chi connectivity index (χ2n) is 11.5. The zero-order valence-electron chi connectivity index (χ0n) is 23.6. The van der Waals surface area contributed by atoms with Crippen molar-refractivity contribution in [2.75, 3.05) is 13.2 Å². The molecule has 41 heavy (non-hydrogen) atoms. The average molecular weight is 567 g/mol. The average Bonchev–Trinajstić information content (AvgIpc) is 3.38. The van der Waals surface area contributed by atoms with Gasteiger partial charge in [-0.05, 0) is 79.2 Å². The number of carbonyl (C=O) groups is 1. The summed E-state index contributed by atoms with van der Waals surface area (Å²) in [6, 6.07) is 24.1. The lowest BCUT2D eigenvalue weighted by atomic mass is 9.76. The first-order valence-corrected chi connectivity index (χ1v) is 14.2. The number of carbonyl (C=O) groups excluding carboxylic acids is 1. The summed E-state index contributed by atoms with van der Waals surface area (Å²) in [7, 11) is -0.649. The first-order valence-electron chi connectivity index (χ1n) is 13.8. The predicted molar refractivity (Wildman–Crippen MR) is 164 cm³/mol. The highest BCUT2D eigenvalue weighted by Gasteiger charge is 2.52. The number of halogens is 1. The Labute approximate surface area is 245 Å². The van der Waals surface area contributed by atoms with Crippen molar-refractivity contribution in [1.82, 2.24) is 10.3 Å². The number of rotatable bonds is 6. The minimum absolute atomic E-state index is 0.0127. The molecule has 2 heterocycles. The van der Waals surface area contributed by atoms with Gasteiger partial charge in [-0.1, -0.05) is 72.3 Å². The van der Waals surface area contributed by atoms with Crippen LogP contribution >= 0.6 is 11.6 Å². The van der Waals surface area contributed by atoms with Crippen molar-refractivity contribution in [3.05, 3.63) is 106 Å². The van der Waals surface area contributed by atoms with Gasteiger partial charge in [0.05, 0.1) is 16.7 Å². The van der Waals surface area contributed by atoms with Gasteiger partial charge in [-0.3, -0.25) is 4.98 Å². The van der Waals surface area contributed by atoms with Gasteiger partial charge >= 0.3 is 13.2 Å². The lowest BCUT2D eigenvalue weighted by Crippen LogP contribution is -2.41. The molecule has 1 fully saturated rings. The number of pyridine rings is 1.